The molecule has 1 aliphatic rings. The fourth-order valence-corrected chi connectivity index (χ4v) is 3.19. The molecule has 0 aliphatic carbocycles. The van der Waals surface area contributed by atoms with Crippen LogP contribution in [0.4, 0.5) is 13.2 Å². The van der Waals surface area contributed by atoms with E-state index in [1.807, 2.05) is 12.1 Å². The highest BCUT2D eigenvalue weighted by atomic mass is 19.4. The molecule has 0 spiro atoms. The lowest BCUT2D eigenvalue weighted by Crippen LogP contribution is -2.48. The lowest BCUT2D eigenvalue weighted by molar-refractivity contribution is -0.175. The number of hydrogen-bond donors (Lipinski definition) is 0. The molecule has 1 aromatic rings. The third-order valence-electron chi connectivity index (χ3n) is 4.63. The van der Waals surface area contributed by atoms with Crippen molar-refractivity contribution >= 4 is 5.91 Å². The number of halogens is 3. The predicted molar refractivity (Wildman–Crippen MR) is 99.4 cm³/mol. The summed E-state index contributed by atoms with van der Waals surface area (Å²) in [7, 11) is 4.67. The van der Waals surface area contributed by atoms with E-state index in [-0.39, 0.29) is 18.9 Å². The van der Waals surface area contributed by atoms with Gasteiger partial charge in [0.05, 0.1) is 34.4 Å². The zero-order valence-corrected chi connectivity index (χ0v) is 16.9. The van der Waals surface area contributed by atoms with Gasteiger partial charge in [0.1, 0.15) is 6.61 Å². The molecule has 7 nitrogen and oxygen atoms in total. The van der Waals surface area contributed by atoms with Crippen molar-refractivity contribution in [2.45, 2.75) is 19.1 Å². The van der Waals surface area contributed by atoms with Crippen LogP contribution in [-0.4, -0.2) is 82.6 Å². The highest BCUT2D eigenvalue weighted by Gasteiger charge is 2.28. The van der Waals surface area contributed by atoms with Crippen LogP contribution in [0.15, 0.2) is 12.1 Å². The molecule has 29 heavy (non-hydrogen) atoms. The standard InChI is InChI=1S/C19H27F3N2O5/c1-26-15-5-4-14(17(27-2)18(15)28-3)12-23-7-9-24(10-8-23)16(25)6-11-29-13-19(20,21)22/h4-5H,6-13H2,1-3H3. The number of piperazine rings is 1. The second-order valence-corrected chi connectivity index (χ2v) is 6.57. The Bertz CT molecular complexity index is 677. The average molecular weight is 420 g/mol. The third kappa shape index (κ3) is 6.67. The minimum atomic E-state index is -4.38. The maximum absolute atomic E-state index is 12.1. The van der Waals surface area contributed by atoms with E-state index >= 15 is 0 Å². The molecule has 1 amide bonds. The Labute approximate surface area is 168 Å². The van der Waals surface area contributed by atoms with Crippen molar-refractivity contribution in [2.24, 2.45) is 0 Å². The first-order valence-corrected chi connectivity index (χ1v) is 9.21. The molecule has 0 N–H and O–H groups in total. The minimum absolute atomic E-state index is 0.0560. The van der Waals surface area contributed by atoms with E-state index in [1.165, 1.54) is 0 Å². The largest absolute Gasteiger partial charge is 0.493 e. The highest BCUT2D eigenvalue weighted by Crippen LogP contribution is 2.40. The number of amides is 1. The van der Waals surface area contributed by atoms with Crippen LogP contribution in [0.2, 0.25) is 0 Å². The minimum Gasteiger partial charge on any atom is -0.493 e. The second kappa shape index (κ2) is 10.5. The molecule has 0 bridgehead atoms. The molecule has 0 saturated carbocycles. The van der Waals surface area contributed by atoms with E-state index in [0.717, 1.165) is 5.56 Å². The van der Waals surface area contributed by atoms with E-state index in [9.17, 15) is 18.0 Å². The summed E-state index contributed by atoms with van der Waals surface area (Å²) in [6, 6.07) is 3.73. The lowest BCUT2D eigenvalue weighted by atomic mass is 10.1. The van der Waals surface area contributed by atoms with Gasteiger partial charge < -0.3 is 23.8 Å². The summed E-state index contributed by atoms with van der Waals surface area (Å²) in [5, 5.41) is 0. The number of hydrogen-bond acceptors (Lipinski definition) is 6. The quantitative estimate of drug-likeness (QED) is 0.572. The molecule has 0 atom stereocenters. The molecule has 1 aromatic carbocycles. The van der Waals surface area contributed by atoms with Crippen molar-refractivity contribution in [3.8, 4) is 17.2 Å². The SMILES string of the molecule is COc1ccc(CN2CCN(C(=O)CCOCC(F)(F)F)CC2)c(OC)c1OC. The summed E-state index contributed by atoms with van der Waals surface area (Å²) in [6.07, 6.45) is -4.43. The predicted octanol–water partition coefficient (Wildman–Crippen LogP) is 2.33. The van der Waals surface area contributed by atoms with Crippen molar-refractivity contribution in [3.63, 3.8) is 0 Å². The van der Waals surface area contributed by atoms with E-state index in [4.69, 9.17) is 14.2 Å². The van der Waals surface area contributed by atoms with Crippen LogP contribution in [0.3, 0.4) is 0 Å². The molecule has 1 fully saturated rings. The first-order valence-electron chi connectivity index (χ1n) is 9.21. The summed E-state index contributed by atoms with van der Waals surface area (Å²) in [5.41, 5.74) is 0.936. The summed E-state index contributed by atoms with van der Waals surface area (Å²) in [5.74, 6) is 1.51. The second-order valence-electron chi connectivity index (χ2n) is 6.57. The van der Waals surface area contributed by atoms with Gasteiger partial charge in [0.2, 0.25) is 11.7 Å². The van der Waals surface area contributed by atoms with Crippen molar-refractivity contribution in [2.75, 3.05) is 60.7 Å². The van der Waals surface area contributed by atoms with E-state index in [1.54, 1.807) is 26.2 Å². The smallest absolute Gasteiger partial charge is 0.411 e. The van der Waals surface area contributed by atoms with Crippen LogP contribution in [0, 0.1) is 0 Å². The normalized spacial score (nSPS) is 15.3. The number of nitrogens with zero attached hydrogens (tertiary/aromatic N) is 2. The van der Waals surface area contributed by atoms with Gasteiger partial charge in [-0.25, -0.2) is 0 Å². The number of carbonyl (C=O) groups excluding carboxylic acids is 1. The lowest BCUT2D eigenvalue weighted by Gasteiger charge is -2.35. The van der Waals surface area contributed by atoms with Crippen LogP contribution in [-0.2, 0) is 16.1 Å². The van der Waals surface area contributed by atoms with Crippen molar-refractivity contribution in [1.82, 2.24) is 9.80 Å². The number of methoxy groups -OCH3 is 3. The van der Waals surface area contributed by atoms with Crippen LogP contribution >= 0.6 is 0 Å². The molecule has 0 aromatic heterocycles. The number of carbonyl (C=O) groups is 1. The number of ether oxygens (including phenoxy) is 4. The molecule has 164 valence electrons. The maximum Gasteiger partial charge on any atom is 0.411 e. The van der Waals surface area contributed by atoms with Crippen LogP contribution in [0.5, 0.6) is 17.2 Å². The van der Waals surface area contributed by atoms with Gasteiger partial charge in [-0.1, -0.05) is 6.07 Å². The van der Waals surface area contributed by atoms with Gasteiger partial charge in [0.25, 0.3) is 0 Å². The molecular formula is C19H27F3N2O5. The van der Waals surface area contributed by atoms with Gasteiger partial charge in [-0.3, -0.25) is 9.69 Å². The van der Waals surface area contributed by atoms with Gasteiger partial charge in [-0.05, 0) is 6.07 Å². The number of rotatable bonds is 9. The first kappa shape index (κ1) is 23.1. The highest BCUT2D eigenvalue weighted by molar-refractivity contribution is 5.76. The topological polar surface area (TPSA) is 60.5 Å². The average Bonchev–Trinajstić information content (AvgIpc) is 2.70. The third-order valence-corrected chi connectivity index (χ3v) is 4.63. The van der Waals surface area contributed by atoms with Crippen LogP contribution in [0.1, 0.15) is 12.0 Å². The monoisotopic (exact) mass is 420 g/mol. The summed E-state index contributed by atoms with van der Waals surface area (Å²) >= 11 is 0. The Hall–Kier alpha value is -2.20. The van der Waals surface area contributed by atoms with E-state index in [2.05, 4.69) is 9.64 Å². The van der Waals surface area contributed by atoms with Gasteiger partial charge in [-0.2, -0.15) is 13.2 Å². The van der Waals surface area contributed by atoms with Gasteiger partial charge >= 0.3 is 6.18 Å². The van der Waals surface area contributed by atoms with Crippen molar-refractivity contribution in [3.05, 3.63) is 17.7 Å². The van der Waals surface area contributed by atoms with Gasteiger partial charge in [0.15, 0.2) is 11.5 Å². The summed E-state index contributed by atoms with van der Waals surface area (Å²) < 4.78 is 56.8. The molecule has 10 heteroatoms. The van der Waals surface area contributed by atoms with E-state index in [0.29, 0.717) is 50.0 Å². The molecule has 0 radical (unpaired) electrons. The van der Waals surface area contributed by atoms with E-state index < -0.39 is 12.8 Å². The Balaban J connectivity index is 1.85. The maximum atomic E-state index is 12.1. The first-order chi connectivity index (χ1) is 13.8. The molecule has 1 saturated heterocycles. The Morgan fingerprint density at radius 2 is 1.66 bits per heavy atom. The Kier molecular flexibility index (Phi) is 8.39. The van der Waals surface area contributed by atoms with Crippen LogP contribution < -0.4 is 14.2 Å². The molecule has 0 unspecified atom stereocenters. The number of benzene rings is 1. The van der Waals surface area contributed by atoms with Crippen LogP contribution in [0.25, 0.3) is 0 Å². The Morgan fingerprint density at radius 1 is 1.00 bits per heavy atom. The van der Waals surface area contributed by atoms with Gasteiger partial charge in [0, 0.05) is 38.3 Å². The fourth-order valence-electron chi connectivity index (χ4n) is 3.19. The molecule has 2 rings (SSSR count). The van der Waals surface area contributed by atoms with Crippen molar-refractivity contribution in [1.29, 1.82) is 0 Å². The van der Waals surface area contributed by atoms with Gasteiger partial charge in [-0.15, -0.1) is 0 Å². The van der Waals surface area contributed by atoms with Crippen molar-refractivity contribution < 1.29 is 36.9 Å². The molecular weight excluding hydrogens is 393 g/mol. The Morgan fingerprint density at radius 3 is 2.21 bits per heavy atom. The molecule has 1 aliphatic heterocycles. The molecule has 1 heterocycles. The summed E-state index contributed by atoms with van der Waals surface area (Å²) in [6.45, 7) is 1.35. The zero-order valence-electron chi connectivity index (χ0n) is 16.9. The number of alkyl halides is 3. The fraction of sp³-hybridized carbons (Fsp3) is 0.632. The zero-order chi connectivity index (χ0) is 21.4. The summed E-state index contributed by atoms with van der Waals surface area (Å²) in [4.78, 5) is 16.0.